The van der Waals surface area contributed by atoms with Gasteiger partial charge >= 0.3 is 0 Å². The zero-order valence-corrected chi connectivity index (χ0v) is 14.2. The topological polar surface area (TPSA) is 80.6 Å². The van der Waals surface area contributed by atoms with Crippen molar-refractivity contribution in [2.45, 2.75) is 13.8 Å². The number of fused-ring (bicyclic) bond motifs is 3. The third-order valence-corrected chi connectivity index (χ3v) is 3.86. The monoisotopic (exact) mass is 334 g/mol. The van der Waals surface area contributed by atoms with Crippen LogP contribution in [0.5, 0.6) is 5.75 Å². The van der Waals surface area contributed by atoms with Crippen molar-refractivity contribution in [2.75, 3.05) is 12.4 Å². The molecule has 25 heavy (non-hydrogen) atoms. The van der Waals surface area contributed by atoms with Gasteiger partial charge in [0.15, 0.2) is 5.82 Å². The Kier molecular flexibility index (Phi) is 3.61. The fourth-order valence-electron chi connectivity index (χ4n) is 2.85. The first-order chi connectivity index (χ1) is 12.2. The number of nitrogens with one attached hydrogen (secondary N) is 2. The fourth-order valence-corrected chi connectivity index (χ4v) is 2.85. The van der Waals surface area contributed by atoms with Crippen LogP contribution in [0.1, 0.15) is 13.8 Å². The van der Waals surface area contributed by atoms with Crippen molar-refractivity contribution in [3.05, 3.63) is 42.4 Å². The number of benzene rings is 1. The van der Waals surface area contributed by atoms with Crippen LogP contribution >= 0.6 is 0 Å². The van der Waals surface area contributed by atoms with Crippen LogP contribution in [0.4, 0.5) is 11.5 Å². The molecule has 0 amide bonds. The summed E-state index contributed by atoms with van der Waals surface area (Å²) in [4.78, 5) is 4.73. The number of hydrogen-bond acceptors (Lipinski definition) is 5. The largest absolute Gasteiger partial charge is 0.496 e. The SMILES string of the molecule is COc1cccc2nc(Nc3cnn(C=C(C)C)c3)c3[nH]ncc3c12. The van der Waals surface area contributed by atoms with Gasteiger partial charge in [-0.3, -0.25) is 5.10 Å². The van der Waals surface area contributed by atoms with Crippen LogP contribution in [0, 0.1) is 0 Å². The van der Waals surface area contributed by atoms with Crippen LogP contribution in [0.25, 0.3) is 28.0 Å². The molecule has 2 N–H and O–H groups in total. The average Bonchev–Trinajstić information content (AvgIpc) is 3.23. The normalized spacial score (nSPS) is 11.0. The number of methoxy groups -OCH3 is 1. The highest BCUT2D eigenvalue weighted by Gasteiger charge is 2.14. The molecule has 0 radical (unpaired) electrons. The molecule has 0 spiro atoms. The summed E-state index contributed by atoms with van der Waals surface area (Å²) in [6.45, 7) is 4.06. The summed E-state index contributed by atoms with van der Waals surface area (Å²) in [5, 5.41) is 16.7. The Morgan fingerprint density at radius 3 is 2.96 bits per heavy atom. The van der Waals surface area contributed by atoms with Crippen molar-refractivity contribution >= 4 is 39.5 Å². The molecule has 0 bridgehead atoms. The molecule has 7 heteroatoms. The van der Waals surface area contributed by atoms with Crippen LogP contribution in [0.2, 0.25) is 0 Å². The van der Waals surface area contributed by atoms with E-state index in [1.54, 1.807) is 24.2 Å². The van der Waals surface area contributed by atoms with Gasteiger partial charge in [0.2, 0.25) is 0 Å². The number of ether oxygens (including phenoxy) is 1. The zero-order valence-electron chi connectivity index (χ0n) is 14.2. The smallest absolute Gasteiger partial charge is 0.157 e. The third-order valence-electron chi connectivity index (χ3n) is 3.86. The van der Waals surface area contributed by atoms with Crippen molar-refractivity contribution in [2.24, 2.45) is 0 Å². The molecule has 0 saturated carbocycles. The molecule has 4 rings (SSSR count). The van der Waals surface area contributed by atoms with E-state index < -0.39 is 0 Å². The Hall–Kier alpha value is -3.35. The van der Waals surface area contributed by atoms with Gasteiger partial charge in [0.05, 0.1) is 42.3 Å². The third kappa shape index (κ3) is 2.69. The van der Waals surface area contributed by atoms with Gasteiger partial charge < -0.3 is 10.1 Å². The Balaban J connectivity index is 1.83. The van der Waals surface area contributed by atoms with Gasteiger partial charge in [-0.2, -0.15) is 10.2 Å². The van der Waals surface area contributed by atoms with Crippen LogP contribution in [0.15, 0.2) is 42.4 Å². The van der Waals surface area contributed by atoms with E-state index in [1.807, 2.05) is 44.4 Å². The van der Waals surface area contributed by atoms with Crippen LogP contribution in [-0.2, 0) is 0 Å². The zero-order chi connectivity index (χ0) is 17.4. The van der Waals surface area contributed by atoms with E-state index in [0.29, 0.717) is 5.82 Å². The molecule has 0 aliphatic carbocycles. The van der Waals surface area contributed by atoms with E-state index in [1.165, 1.54) is 5.57 Å². The van der Waals surface area contributed by atoms with Crippen molar-refractivity contribution in [3.8, 4) is 5.75 Å². The van der Waals surface area contributed by atoms with Gasteiger partial charge in [-0.1, -0.05) is 11.6 Å². The van der Waals surface area contributed by atoms with Gasteiger partial charge in [-0.15, -0.1) is 0 Å². The minimum absolute atomic E-state index is 0.699. The first-order valence-electron chi connectivity index (χ1n) is 7.91. The Morgan fingerprint density at radius 2 is 2.16 bits per heavy atom. The number of aromatic amines is 1. The minimum atomic E-state index is 0.699. The average molecular weight is 334 g/mol. The van der Waals surface area contributed by atoms with Crippen LogP contribution in [-0.4, -0.2) is 32.1 Å². The van der Waals surface area contributed by atoms with E-state index in [-0.39, 0.29) is 0 Å². The van der Waals surface area contributed by atoms with Gasteiger partial charge in [-0.25, -0.2) is 9.67 Å². The van der Waals surface area contributed by atoms with Gasteiger partial charge in [0.1, 0.15) is 11.3 Å². The summed E-state index contributed by atoms with van der Waals surface area (Å²) in [7, 11) is 1.66. The lowest BCUT2D eigenvalue weighted by Gasteiger charge is -2.09. The minimum Gasteiger partial charge on any atom is -0.496 e. The van der Waals surface area contributed by atoms with E-state index in [9.17, 15) is 0 Å². The summed E-state index contributed by atoms with van der Waals surface area (Å²) in [5.41, 5.74) is 3.68. The summed E-state index contributed by atoms with van der Waals surface area (Å²) >= 11 is 0. The molecule has 3 heterocycles. The van der Waals surface area contributed by atoms with E-state index in [2.05, 4.69) is 20.6 Å². The molecule has 4 aromatic rings. The Bertz CT molecular complexity index is 1090. The number of hydrogen-bond donors (Lipinski definition) is 2. The van der Waals surface area contributed by atoms with Crippen molar-refractivity contribution < 1.29 is 4.74 Å². The van der Waals surface area contributed by atoms with Gasteiger partial charge in [-0.05, 0) is 26.0 Å². The second kappa shape index (κ2) is 5.94. The predicted molar refractivity (Wildman–Crippen MR) is 99.1 cm³/mol. The molecule has 0 fully saturated rings. The Morgan fingerprint density at radius 1 is 1.28 bits per heavy atom. The first kappa shape index (κ1) is 15.2. The lowest BCUT2D eigenvalue weighted by molar-refractivity contribution is 0.420. The number of rotatable bonds is 4. The molecule has 0 atom stereocenters. The van der Waals surface area contributed by atoms with E-state index in [0.717, 1.165) is 33.2 Å². The summed E-state index contributed by atoms with van der Waals surface area (Å²) in [6.07, 6.45) is 7.42. The fraction of sp³-hybridized carbons (Fsp3) is 0.167. The maximum atomic E-state index is 5.48. The van der Waals surface area contributed by atoms with Crippen LogP contribution in [0.3, 0.4) is 0 Å². The Labute approximate surface area is 144 Å². The second-order valence-electron chi connectivity index (χ2n) is 6.01. The maximum Gasteiger partial charge on any atom is 0.157 e. The summed E-state index contributed by atoms with van der Waals surface area (Å²) in [6, 6.07) is 5.81. The standard InChI is InChI=1S/C18H18N6O/c1-11(2)9-24-10-12(7-20-24)21-18-17-13(8-19-23-17)16-14(22-18)5-4-6-15(16)25-3/h4-10H,1-3H3,(H,19,23)(H,21,22). The lowest BCUT2D eigenvalue weighted by Crippen LogP contribution is -1.96. The highest BCUT2D eigenvalue weighted by Crippen LogP contribution is 2.34. The summed E-state index contributed by atoms with van der Waals surface area (Å²) in [5.74, 6) is 1.48. The molecule has 3 aromatic heterocycles. The highest BCUT2D eigenvalue weighted by atomic mass is 16.5. The number of allylic oxidation sites excluding steroid dienone is 1. The second-order valence-corrected chi connectivity index (χ2v) is 6.01. The van der Waals surface area contributed by atoms with Crippen LogP contribution < -0.4 is 10.1 Å². The molecule has 126 valence electrons. The number of pyridine rings is 1. The van der Waals surface area contributed by atoms with E-state index in [4.69, 9.17) is 9.72 Å². The quantitative estimate of drug-likeness (QED) is 0.591. The molecular formula is C18H18N6O. The number of aromatic nitrogens is 5. The number of H-pyrrole nitrogens is 1. The van der Waals surface area contributed by atoms with Crippen molar-refractivity contribution in [1.29, 1.82) is 0 Å². The molecule has 0 aliphatic rings. The molecule has 7 nitrogen and oxygen atoms in total. The number of nitrogens with zero attached hydrogens (tertiary/aromatic N) is 4. The molecule has 0 aliphatic heterocycles. The molecule has 0 unspecified atom stereocenters. The maximum absolute atomic E-state index is 5.48. The highest BCUT2D eigenvalue weighted by molar-refractivity contribution is 6.11. The summed E-state index contributed by atoms with van der Waals surface area (Å²) < 4.78 is 7.25. The molecule has 1 aromatic carbocycles. The molecule has 0 saturated heterocycles. The van der Waals surface area contributed by atoms with Crippen molar-refractivity contribution in [3.63, 3.8) is 0 Å². The first-order valence-corrected chi connectivity index (χ1v) is 7.91. The number of anilines is 2. The molecular weight excluding hydrogens is 316 g/mol. The predicted octanol–water partition coefficient (Wildman–Crippen LogP) is 3.94. The van der Waals surface area contributed by atoms with Gasteiger partial charge in [0.25, 0.3) is 0 Å². The van der Waals surface area contributed by atoms with E-state index >= 15 is 0 Å². The lowest BCUT2D eigenvalue weighted by atomic mass is 10.1. The van der Waals surface area contributed by atoms with Gasteiger partial charge in [0, 0.05) is 11.6 Å². The van der Waals surface area contributed by atoms with Crippen molar-refractivity contribution in [1.82, 2.24) is 25.0 Å².